The molecule has 0 amide bonds. The third kappa shape index (κ3) is 2.92. The lowest BCUT2D eigenvalue weighted by Crippen LogP contribution is -2.48. The molecule has 1 atom stereocenters. The summed E-state index contributed by atoms with van der Waals surface area (Å²) in [5.41, 5.74) is 5.62. The average molecular weight is 358 g/mol. The third-order valence-corrected chi connectivity index (χ3v) is 4.95. The Labute approximate surface area is 130 Å². The molecular formula is C15H17BrFNO3. The molecule has 2 N–H and O–H groups in total. The largest absolute Gasteiger partial charge is 0.459 e. The Hall–Kier alpha value is -1.14. The summed E-state index contributed by atoms with van der Waals surface area (Å²) in [4.78, 5) is 12.2. The quantitative estimate of drug-likeness (QED) is 0.650. The second kappa shape index (κ2) is 5.57. The van der Waals surface area contributed by atoms with Gasteiger partial charge in [0.05, 0.1) is 23.5 Å². The van der Waals surface area contributed by atoms with E-state index in [4.69, 9.17) is 15.2 Å². The Morgan fingerprint density at radius 3 is 2.90 bits per heavy atom. The van der Waals surface area contributed by atoms with Crippen LogP contribution in [-0.2, 0) is 9.47 Å². The van der Waals surface area contributed by atoms with Gasteiger partial charge in [-0.15, -0.1) is 0 Å². The van der Waals surface area contributed by atoms with Gasteiger partial charge in [-0.3, -0.25) is 0 Å². The van der Waals surface area contributed by atoms with E-state index in [2.05, 4.69) is 15.9 Å². The first-order valence-electron chi connectivity index (χ1n) is 7.09. The monoisotopic (exact) mass is 357 g/mol. The van der Waals surface area contributed by atoms with Crippen molar-refractivity contribution in [3.63, 3.8) is 0 Å². The van der Waals surface area contributed by atoms with Gasteiger partial charge >= 0.3 is 5.97 Å². The van der Waals surface area contributed by atoms with Gasteiger partial charge in [-0.25, -0.2) is 9.18 Å². The van der Waals surface area contributed by atoms with Crippen molar-refractivity contribution in [2.24, 2.45) is 0 Å². The fraction of sp³-hybridized carbons (Fsp3) is 0.533. The summed E-state index contributed by atoms with van der Waals surface area (Å²) in [5, 5.41) is 0. The summed E-state index contributed by atoms with van der Waals surface area (Å²) in [6, 6.07) is 2.49. The zero-order valence-corrected chi connectivity index (χ0v) is 13.1. The van der Waals surface area contributed by atoms with E-state index >= 15 is 0 Å². The van der Waals surface area contributed by atoms with E-state index in [0.717, 1.165) is 19.3 Å². The lowest BCUT2D eigenvalue weighted by Gasteiger charge is -2.46. The summed E-state index contributed by atoms with van der Waals surface area (Å²) in [5.74, 6) is -1.03. The van der Waals surface area contributed by atoms with E-state index in [-0.39, 0.29) is 23.0 Å². The van der Waals surface area contributed by atoms with Crippen LogP contribution in [0.4, 0.5) is 10.1 Å². The summed E-state index contributed by atoms with van der Waals surface area (Å²) in [6.45, 7) is 0.616. The van der Waals surface area contributed by atoms with Crippen LogP contribution in [0.5, 0.6) is 0 Å². The molecule has 0 radical (unpaired) electrons. The van der Waals surface area contributed by atoms with Crippen molar-refractivity contribution in [1.29, 1.82) is 0 Å². The standard InChI is InChI=1S/C15H17BrFNO3/c16-11-7-12(17)13(18)6-10(11)14(19)21-9-2-5-20-15(8-9)3-1-4-15/h6-7,9H,1-5,8,18H2. The minimum absolute atomic E-state index is 0.0624. The van der Waals surface area contributed by atoms with Gasteiger partial charge in [0.25, 0.3) is 0 Å². The SMILES string of the molecule is Nc1cc(C(=O)OC2CCOC3(CCC3)C2)c(Br)cc1F. The van der Waals surface area contributed by atoms with Crippen molar-refractivity contribution in [1.82, 2.24) is 0 Å². The summed E-state index contributed by atoms with van der Waals surface area (Å²) in [7, 11) is 0. The molecule has 1 heterocycles. The highest BCUT2D eigenvalue weighted by molar-refractivity contribution is 9.10. The Morgan fingerprint density at radius 2 is 2.24 bits per heavy atom. The topological polar surface area (TPSA) is 61.6 Å². The molecule has 1 unspecified atom stereocenters. The van der Waals surface area contributed by atoms with Gasteiger partial charge < -0.3 is 15.2 Å². The Morgan fingerprint density at radius 1 is 1.48 bits per heavy atom. The van der Waals surface area contributed by atoms with Gasteiger partial charge in [0.2, 0.25) is 0 Å². The Bertz CT molecular complexity index is 574. The van der Waals surface area contributed by atoms with Gasteiger partial charge in [-0.2, -0.15) is 0 Å². The number of esters is 1. The van der Waals surface area contributed by atoms with Gasteiger partial charge in [0.1, 0.15) is 11.9 Å². The lowest BCUT2D eigenvalue weighted by molar-refractivity contribution is -0.159. The zero-order valence-electron chi connectivity index (χ0n) is 11.5. The van der Waals surface area contributed by atoms with Crippen LogP contribution in [0.25, 0.3) is 0 Å². The van der Waals surface area contributed by atoms with Gasteiger partial charge in [-0.1, -0.05) is 0 Å². The summed E-state index contributed by atoms with van der Waals surface area (Å²) >= 11 is 3.17. The molecule has 1 saturated carbocycles. The second-order valence-corrected chi connectivity index (χ2v) is 6.61. The first-order chi connectivity index (χ1) is 9.99. The van der Waals surface area contributed by atoms with Crippen LogP contribution in [0.15, 0.2) is 16.6 Å². The van der Waals surface area contributed by atoms with Gasteiger partial charge in [0, 0.05) is 17.3 Å². The van der Waals surface area contributed by atoms with Crippen LogP contribution in [0.1, 0.15) is 42.5 Å². The van der Waals surface area contributed by atoms with E-state index in [1.54, 1.807) is 0 Å². The number of benzene rings is 1. The fourth-order valence-electron chi connectivity index (χ4n) is 2.94. The highest BCUT2D eigenvalue weighted by atomic mass is 79.9. The van der Waals surface area contributed by atoms with Crippen LogP contribution in [0.3, 0.4) is 0 Å². The molecule has 114 valence electrons. The molecule has 1 spiro atoms. The van der Waals surface area contributed by atoms with E-state index in [1.165, 1.54) is 18.6 Å². The number of nitrogen functional groups attached to an aromatic ring is 1. The Balaban J connectivity index is 1.70. The number of hydrogen-bond donors (Lipinski definition) is 1. The van der Waals surface area contributed by atoms with Crippen molar-refractivity contribution >= 4 is 27.6 Å². The number of anilines is 1. The van der Waals surface area contributed by atoms with Crippen LogP contribution >= 0.6 is 15.9 Å². The van der Waals surface area contributed by atoms with E-state index in [1.807, 2.05) is 0 Å². The predicted molar refractivity (Wildman–Crippen MR) is 79.5 cm³/mol. The number of carbonyl (C=O) groups excluding carboxylic acids is 1. The van der Waals surface area contributed by atoms with Gasteiger partial charge in [-0.05, 0) is 47.3 Å². The van der Waals surface area contributed by atoms with Gasteiger partial charge in [0.15, 0.2) is 0 Å². The van der Waals surface area contributed by atoms with Crippen molar-refractivity contribution < 1.29 is 18.7 Å². The first-order valence-corrected chi connectivity index (χ1v) is 7.88. The molecular weight excluding hydrogens is 341 g/mol. The number of hydrogen-bond acceptors (Lipinski definition) is 4. The molecule has 3 rings (SSSR count). The Kier molecular flexibility index (Phi) is 3.92. The van der Waals surface area contributed by atoms with Crippen molar-refractivity contribution in [2.75, 3.05) is 12.3 Å². The second-order valence-electron chi connectivity index (χ2n) is 5.76. The lowest BCUT2D eigenvalue weighted by atomic mass is 9.74. The molecule has 2 fully saturated rings. The van der Waals surface area contributed by atoms with Crippen molar-refractivity contribution in [3.8, 4) is 0 Å². The molecule has 0 aromatic heterocycles. The van der Waals surface area contributed by atoms with Crippen LogP contribution in [0, 0.1) is 5.82 Å². The minimum Gasteiger partial charge on any atom is -0.459 e. The summed E-state index contributed by atoms with van der Waals surface area (Å²) in [6.07, 6.45) is 4.53. The smallest absolute Gasteiger partial charge is 0.339 e. The number of carbonyl (C=O) groups is 1. The molecule has 2 aliphatic rings. The molecule has 0 bridgehead atoms. The fourth-order valence-corrected chi connectivity index (χ4v) is 3.42. The van der Waals surface area contributed by atoms with Crippen molar-refractivity contribution in [3.05, 3.63) is 28.0 Å². The molecule has 1 aromatic rings. The molecule has 6 heteroatoms. The average Bonchev–Trinajstić information content (AvgIpc) is 2.41. The van der Waals surface area contributed by atoms with E-state index < -0.39 is 11.8 Å². The maximum absolute atomic E-state index is 13.3. The molecule has 1 aromatic carbocycles. The van der Waals surface area contributed by atoms with Crippen LogP contribution < -0.4 is 5.73 Å². The predicted octanol–water partition coefficient (Wildman–Crippen LogP) is 3.43. The zero-order chi connectivity index (χ0) is 15.0. The normalized spacial score (nSPS) is 23.6. The number of rotatable bonds is 2. The minimum atomic E-state index is -0.557. The molecule has 1 aliphatic carbocycles. The van der Waals surface area contributed by atoms with Crippen LogP contribution in [0.2, 0.25) is 0 Å². The molecule has 21 heavy (non-hydrogen) atoms. The maximum atomic E-state index is 13.3. The highest BCUT2D eigenvalue weighted by Crippen LogP contribution is 2.43. The van der Waals surface area contributed by atoms with E-state index in [0.29, 0.717) is 17.5 Å². The first kappa shape index (κ1) is 14.8. The number of halogens is 2. The summed E-state index contributed by atoms with van der Waals surface area (Å²) < 4.78 is 25.0. The van der Waals surface area contributed by atoms with Crippen molar-refractivity contribution in [2.45, 2.75) is 43.8 Å². The molecule has 1 saturated heterocycles. The molecule has 4 nitrogen and oxygen atoms in total. The number of ether oxygens (including phenoxy) is 2. The third-order valence-electron chi connectivity index (χ3n) is 4.29. The maximum Gasteiger partial charge on any atom is 0.339 e. The van der Waals surface area contributed by atoms with E-state index in [9.17, 15) is 9.18 Å². The number of nitrogens with two attached hydrogens (primary N) is 1. The van der Waals surface area contributed by atoms with Crippen LogP contribution in [-0.4, -0.2) is 24.3 Å². The molecule has 1 aliphatic heterocycles. The highest BCUT2D eigenvalue weighted by Gasteiger charge is 2.43.